The highest BCUT2D eigenvalue weighted by Gasteiger charge is 2.21. The standard InChI is InChI=1S/C13H20ClN3O/c1-10-8-12(18-2)16-13(15-10)17-7-3-4-11(9-17)5-6-14/h8,11H,3-7,9H2,1-2H3. The molecule has 0 aliphatic carbocycles. The number of rotatable bonds is 4. The fourth-order valence-corrected chi connectivity index (χ4v) is 2.72. The monoisotopic (exact) mass is 269 g/mol. The van der Waals surface area contributed by atoms with Crippen molar-refractivity contribution in [3.05, 3.63) is 11.8 Å². The summed E-state index contributed by atoms with van der Waals surface area (Å²) >= 11 is 5.83. The Hall–Kier alpha value is -1.03. The van der Waals surface area contributed by atoms with E-state index in [4.69, 9.17) is 16.3 Å². The predicted octanol–water partition coefficient (Wildman–Crippen LogP) is 2.64. The van der Waals surface area contributed by atoms with E-state index < -0.39 is 0 Å². The molecule has 18 heavy (non-hydrogen) atoms. The summed E-state index contributed by atoms with van der Waals surface area (Å²) in [6, 6.07) is 1.85. The summed E-state index contributed by atoms with van der Waals surface area (Å²) in [5.41, 5.74) is 0.941. The summed E-state index contributed by atoms with van der Waals surface area (Å²) in [6.45, 7) is 3.98. The van der Waals surface area contributed by atoms with E-state index in [2.05, 4.69) is 14.9 Å². The smallest absolute Gasteiger partial charge is 0.228 e. The lowest BCUT2D eigenvalue weighted by Gasteiger charge is -2.32. The molecule has 100 valence electrons. The number of hydrogen-bond acceptors (Lipinski definition) is 4. The zero-order valence-electron chi connectivity index (χ0n) is 11.0. The lowest BCUT2D eigenvalue weighted by molar-refractivity contribution is 0.386. The molecule has 1 saturated heterocycles. The van der Waals surface area contributed by atoms with Crippen LogP contribution in [0.5, 0.6) is 5.88 Å². The first-order chi connectivity index (χ1) is 8.72. The van der Waals surface area contributed by atoms with E-state index in [0.29, 0.717) is 11.8 Å². The first-order valence-corrected chi connectivity index (χ1v) is 6.97. The van der Waals surface area contributed by atoms with Gasteiger partial charge in [0, 0.05) is 30.7 Å². The van der Waals surface area contributed by atoms with Crippen LogP contribution in [0.3, 0.4) is 0 Å². The van der Waals surface area contributed by atoms with Gasteiger partial charge in [0.25, 0.3) is 0 Å². The zero-order valence-corrected chi connectivity index (χ0v) is 11.8. The number of aromatic nitrogens is 2. The summed E-state index contributed by atoms with van der Waals surface area (Å²) in [4.78, 5) is 11.2. The molecule has 1 aromatic heterocycles. The van der Waals surface area contributed by atoms with Crippen molar-refractivity contribution in [2.75, 3.05) is 31.0 Å². The molecule has 0 N–H and O–H groups in total. The Bertz CT molecular complexity index is 398. The zero-order chi connectivity index (χ0) is 13.0. The van der Waals surface area contributed by atoms with Gasteiger partial charge in [-0.3, -0.25) is 0 Å². The fourth-order valence-electron chi connectivity index (χ4n) is 2.41. The molecule has 0 spiro atoms. The lowest BCUT2D eigenvalue weighted by atomic mass is 9.96. The molecular weight excluding hydrogens is 250 g/mol. The molecule has 0 amide bonds. The number of ether oxygens (including phenoxy) is 1. The maximum atomic E-state index is 5.83. The van der Waals surface area contributed by atoms with Crippen LogP contribution >= 0.6 is 11.6 Å². The van der Waals surface area contributed by atoms with Gasteiger partial charge in [0.2, 0.25) is 11.8 Å². The van der Waals surface area contributed by atoms with Gasteiger partial charge >= 0.3 is 0 Å². The number of alkyl halides is 1. The van der Waals surface area contributed by atoms with Crippen LogP contribution in [0.2, 0.25) is 0 Å². The van der Waals surface area contributed by atoms with Gasteiger partial charge in [0.1, 0.15) is 0 Å². The highest BCUT2D eigenvalue weighted by Crippen LogP contribution is 2.24. The molecule has 1 unspecified atom stereocenters. The van der Waals surface area contributed by atoms with Crippen molar-refractivity contribution >= 4 is 17.5 Å². The van der Waals surface area contributed by atoms with Crippen molar-refractivity contribution in [3.63, 3.8) is 0 Å². The van der Waals surface area contributed by atoms with Gasteiger partial charge in [-0.2, -0.15) is 4.98 Å². The molecule has 0 bridgehead atoms. The fraction of sp³-hybridized carbons (Fsp3) is 0.692. The molecule has 5 heteroatoms. The third kappa shape index (κ3) is 3.25. The maximum absolute atomic E-state index is 5.83. The van der Waals surface area contributed by atoms with Crippen LogP contribution in [0.15, 0.2) is 6.07 Å². The Morgan fingerprint density at radius 2 is 2.33 bits per heavy atom. The Kier molecular flexibility index (Phi) is 4.64. The Labute approximate surface area is 113 Å². The van der Waals surface area contributed by atoms with Crippen molar-refractivity contribution in [1.82, 2.24) is 9.97 Å². The molecule has 0 saturated carbocycles. The average Bonchev–Trinajstić information content (AvgIpc) is 2.39. The van der Waals surface area contributed by atoms with Crippen molar-refractivity contribution < 1.29 is 4.74 Å². The third-order valence-corrected chi connectivity index (χ3v) is 3.57. The normalized spacial score (nSPS) is 19.9. The lowest BCUT2D eigenvalue weighted by Crippen LogP contribution is -2.36. The van der Waals surface area contributed by atoms with E-state index in [0.717, 1.165) is 37.0 Å². The van der Waals surface area contributed by atoms with Crippen molar-refractivity contribution in [2.45, 2.75) is 26.2 Å². The van der Waals surface area contributed by atoms with Crippen molar-refractivity contribution in [2.24, 2.45) is 5.92 Å². The molecule has 0 aromatic carbocycles. The third-order valence-electron chi connectivity index (χ3n) is 3.35. The number of nitrogens with zero attached hydrogens (tertiary/aromatic N) is 3. The molecule has 1 fully saturated rings. The van der Waals surface area contributed by atoms with E-state index in [1.807, 2.05) is 13.0 Å². The number of halogens is 1. The number of methoxy groups -OCH3 is 1. The number of piperidine rings is 1. The molecule has 1 aromatic rings. The molecule has 2 heterocycles. The van der Waals surface area contributed by atoms with Crippen LogP contribution in [0.4, 0.5) is 5.95 Å². The number of hydrogen-bond donors (Lipinski definition) is 0. The number of aryl methyl sites for hydroxylation is 1. The van der Waals surface area contributed by atoms with E-state index in [-0.39, 0.29) is 0 Å². The van der Waals surface area contributed by atoms with Crippen LogP contribution in [-0.2, 0) is 0 Å². The van der Waals surface area contributed by atoms with Crippen LogP contribution in [0.25, 0.3) is 0 Å². The maximum Gasteiger partial charge on any atom is 0.228 e. The summed E-state index contributed by atoms with van der Waals surface area (Å²) < 4.78 is 5.20. The van der Waals surface area contributed by atoms with E-state index in [1.54, 1.807) is 7.11 Å². The Balaban J connectivity index is 2.12. The topological polar surface area (TPSA) is 38.2 Å². The van der Waals surface area contributed by atoms with Crippen molar-refractivity contribution in [3.8, 4) is 5.88 Å². The SMILES string of the molecule is COc1cc(C)nc(N2CCCC(CCCl)C2)n1. The Morgan fingerprint density at radius 1 is 1.50 bits per heavy atom. The van der Waals surface area contributed by atoms with Gasteiger partial charge in [0.05, 0.1) is 7.11 Å². The average molecular weight is 270 g/mol. The first kappa shape index (κ1) is 13.4. The summed E-state index contributed by atoms with van der Waals surface area (Å²) in [5, 5.41) is 0. The molecule has 2 rings (SSSR count). The van der Waals surface area contributed by atoms with E-state index in [1.165, 1.54) is 12.8 Å². The molecule has 1 aliphatic rings. The molecule has 1 aliphatic heterocycles. The second-order valence-corrected chi connectivity index (χ2v) is 5.16. The highest BCUT2D eigenvalue weighted by atomic mass is 35.5. The van der Waals surface area contributed by atoms with Gasteiger partial charge in [-0.25, -0.2) is 4.98 Å². The minimum Gasteiger partial charge on any atom is -0.481 e. The first-order valence-electron chi connectivity index (χ1n) is 6.43. The van der Waals surface area contributed by atoms with Gasteiger partial charge in [-0.05, 0) is 32.1 Å². The molecule has 1 atom stereocenters. The van der Waals surface area contributed by atoms with Gasteiger partial charge in [-0.15, -0.1) is 11.6 Å². The van der Waals surface area contributed by atoms with Gasteiger partial charge < -0.3 is 9.64 Å². The van der Waals surface area contributed by atoms with Gasteiger partial charge in [0.15, 0.2) is 0 Å². The van der Waals surface area contributed by atoms with Crippen LogP contribution < -0.4 is 9.64 Å². The Morgan fingerprint density at radius 3 is 3.06 bits per heavy atom. The van der Waals surface area contributed by atoms with Crippen LogP contribution in [0.1, 0.15) is 25.0 Å². The van der Waals surface area contributed by atoms with Gasteiger partial charge in [-0.1, -0.05) is 0 Å². The minimum absolute atomic E-state index is 0.636. The summed E-state index contributed by atoms with van der Waals surface area (Å²) in [7, 11) is 1.64. The highest BCUT2D eigenvalue weighted by molar-refractivity contribution is 6.17. The quantitative estimate of drug-likeness (QED) is 0.788. The predicted molar refractivity (Wildman–Crippen MR) is 73.6 cm³/mol. The van der Waals surface area contributed by atoms with Crippen molar-refractivity contribution in [1.29, 1.82) is 0 Å². The summed E-state index contributed by atoms with van der Waals surface area (Å²) in [5.74, 6) is 2.81. The van der Waals surface area contributed by atoms with E-state index in [9.17, 15) is 0 Å². The van der Waals surface area contributed by atoms with Crippen LogP contribution in [0, 0.1) is 12.8 Å². The molecule has 0 radical (unpaired) electrons. The molecule has 4 nitrogen and oxygen atoms in total. The second-order valence-electron chi connectivity index (χ2n) is 4.78. The molecular formula is C13H20ClN3O. The summed E-state index contributed by atoms with van der Waals surface area (Å²) in [6.07, 6.45) is 3.51. The largest absolute Gasteiger partial charge is 0.481 e. The van der Waals surface area contributed by atoms with E-state index >= 15 is 0 Å². The minimum atomic E-state index is 0.636. The van der Waals surface area contributed by atoms with Crippen LogP contribution in [-0.4, -0.2) is 36.0 Å². The number of anilines is 1. The second kappa shape index (κ2) is 6.23.